The summed E-state index contributed by atoms with van der Waals surface area (Å²) in [6.45, 7) is 6.32. The first-order valence-electron chi connectivity index (χ1n) is 7.92. The molecule has 4 nitrogen and oxygen atoms in total. The Balaban J connectivity index is 2.28. The van der Waals surface area contributed by atoms with Crippen LogP contribution >= 0.6 is 0 Å². The van der Waals surface area contributed by atoms with Crippen molar-refractivity contribution in [3.8, 4) is 11.5 Å². The van der Waals surface area contributed by atoms with Gasteiger partial charge in [0, 0.05) is 17.0 Å². The molecule has 3 rings (SSSR count). The Labute approximate surface area is 131 Å². The van der Waals surface area contributed by atoms with Crippen LogP contribution in [0.15, 0.2) is 6.07 Å². The summed E-state index contributed by atoms with van der Waals surface area (Å²) in [6, 6.07) is 2.13. The topological polar surface area (TPSA) is 44.8 Å². The molecule has 0 saturated carbocycles. The molecule has 0 bridgehead atoms. The number of esters is 1. The third-order valence-corrected chi connectivity index (χ3v) is 5.33. The second-order valence-corrected chi connectivity index (χ2v) is 6.63. The van der Waals surface area contributed by atoms with Gasteiger partial charge in [0.1, 0.15) is 5.60 Å². The van der Waals surface area contributed by atoms with E-state index in [4.69, 9.17) is 14.2 Å². The van der Waals surface area contributed by atoms with Crippen LogP contribution in [0.3, 0.4) is 0 Å². The fourth-order valence-electron chi connectivity index (χ4n) is 4.17. The van der Waals surface area contributed by atoms with Crippen molar-refractivity contribution in [2.75, 3.05) is 14.2 Å². The van der Waals surface area contributed by atoms with E-state index in [2.05, 4.69) is 19.9 Å². The van der Waals surface area contributed by atoms with Crippen LogP contribution in [0, 0.1) is 12.8 Å². The minimum Gasteiger partial charge on any atom is -0.493 e. The van der Waals surface area contributed by atoms with Crippen molar-refractivity contribution < 1.29 is 19.0 Å². The number of hydrogen-bond donors (Lipinski definition) is 0. The second kappa shape index (κ2) is 5.18. The summed E-state index contributed by atoms with van der Waals surface area (Å²) < 4.78 is 17.1. The Hall–Kier alpha value is -1.71. The van der Waals surface area contributed by atoms with E-state index >= 15 is 0 Å². The van der Waals surface area contributed by atoms with E-state index in [0.29, 0.717) is 12.3 Å². The number of ether oxygens (including phenoxy) is 3. The lowest BCUT2D eigenvalue weighted by Crippen LogP contribution is -2.36. The largest absolute Gasteiger partial charge is 0.493 e. The van der Waals surface area contributed by atoms with Crippen LogP contribution in [0.25, 0.3) is 0 Å². The molecule has 1 spiro atoms. The first-order valence-corrected chi connectivity index (χ1v) is 7.92. The number of carbonyl (C=O) groups excluding carboxylic acids is 1. The maximum atomic E-state index is 11.9. The number of aryl methyl sites for hydroxylation is 1. The van der Waals surface area contributed by atoms with Gasteiger partial charge in [0.05, 0.1) is 20.6 Å². The molecule has 4 heteroatoms. The van der Waals surface area contributed by atoms with Gasteiger partial charge in [-0.15, -0.1) is 0 Å². The highest BCUT2D eigenvalue weighted by Crippen LogP contribution is 2.56. The molecule has 1 fully saturated rings. The molecule has 0 aromatic heterocycles. The number of fused-ring (bicyclic) bond motifs is 2. The van der Waals surface area contributed by atoms with Crippen LogP contribution in [0.1, 0.15) is 55.7 Å². The van der Waals surface area contributed by atoms with E-state index in [1.165, 1.54) is 0 Å². The summed E-state index contributed by atoms with van der Waals surface area (Å²) in [5, 5.41) is 0. The van der Waals surface area contributed by atoms with Crippen LogP contribution in [0.4, 0.5) is 0 Å². The molecular formula is C18H24O4. The van der Waals surface area contributed by atoms with Crippen LogP contribution < -0.4 is 9.47 Å². The molecule has 0 N–H and O–H groups in total. The number of hydrogen-bond acceptors (Lipinski definition) is 4. The van der Waals surface area contributed by atoms with Crippen LogP contribution in [-0.4, -0.2) is 20.2 Å². The minimum atomic E-state index is -0.497. The monoisotopic (exact) mass is 304 g/mol. The Bertz CT molecular complexity index is 622. The highest BCUT2D eigenvalue weighted by atomic mass is 16.6. The van der Waals surface area contributed by atoms with Crippen molar-refractivity contribution in [1.82, 2.24) is 0 Å². The predicted octanol–water partition coefficient (Wildman–Crippen LogP) is 3.69. The number of rotatable bonds is 2. The minimum absolute atomic E-state index is 0.0968. The quantitative estimate of drug-likeness (QED) is 0.782. The van der Waals surface area contributed by atoms with Gasteiger partial charge in [-0.05, 0) is 37.3 Å². The van der Waals surface area contributed by atoms with Crippen molar-refractivity contribution in [3.63, 3.8) is 0 Å². The van der Waals surface area contributed by atoms with Crippen molar-refractivity contribution >= 4 is 5.97 Å². The highest BCUT2D eigenvalue weighted by molar-refractivity contribution is 5.74. The van der Waals surface area contributed by atoms with E-state index in [9.17, 15) is 4.79 Å². The van der Waals surface area contributed by atoms with E-state index < -0.39 is 5.60 Å². The summed E-state index contributed by atoms with van der Waals surface area (Å²) >= 11 is 0. The van der Waals surface area contributed by atoms with Gasteiger partial charge in [-0.3, -0.25) is 4.79 Å². The number of carbonyl (C=O) groups is 1. The first kappa shape index (κ1) is 15.2. The van der Waals surface area contributed by atoms with Gasteiger partial charge in [-0.1, -0.05) is 13.8 Å². The third-order valence-electron chi connectivity index (χ3n) is 5.33. The first-order chi connectivity index (χ1) is 10.4. The van der Waals surface area contributed by atoms with Gasteiger partial charge in [0.2, 0.25) is 0 Å². The van der Waals surface area contributed by atoms with E-state index in [1.54, 1.807) is 14.2 Å². The molecule has 2 aliphatic rings. The maximum Gasteiger partial charge on any atom is 0.307 e. The molecule has 1 heterocycles. The predicted molar refractivity (Wildman–Crippen MR) is 83.5 cm³/mol. The van der Waals surface area contributed by atoms with Crippen LogP contribution in [0.2, 0.25) is 0 Å². The molecule has 0 radical (unpaired) electrons. The average molecular weight is 304 g/mol. The highest BCUT2D eigenvalue weighted by Gasteiger charge is 2.52. The van der Waals surface area contributed by atoms with Gasteiger partial charge >= 0.3 is 5.97 Å². The molecule has 1 aliphatic heterocycles. The Morgan fingerprint density at radius 3 is 2.45 bits per heavy atom. The smallest absolute Gasteiger partial charge is 0.307 e. The molecule has 120 valence electrons. The van der Waals surface area contributed by atoms with Crippen molar-refractivity contribution in [3.05, 3.63) is 22.8 Å². The average Bonchev–Trinajstić information content (AvgIpc) is 2.77. The molecule has 1 saturated heterocycles. The number of benzene rings is 1. The lowest BCUT2D eigenvalue weighted by molar-refractivity contribution is -0.152. The van der Waals surface area contributed by atoms with E-state index in [-0.39, 0.29) is 11.9 Å². The zero-order valence-corrected chi connectivity index (χ0v) is 14.0. The summed E-state index contributed by atoms with van der Waals surface area (Å²) in [4.78, 5) is 11.9. The second-order valence-electron chi connectivity index (χ2n) is 6.63. The normalized spacial score (nSPS) is 30.1. The summed E-state index contributed by atoms with van der Waals surface area (Å²) in [7, 11) is 3.34. The lowest BCUT2D eigenvalue weighted by atomic mass is 9.68. The SMILES string of the molecule is COc1c(C)cc2c(c1OC)C(C)CC[C@@]21OC(=O)CC1C. The standard InChI is InChI=1S/C18H24O4/c1-10-6-7-18(12(3)9-14(19)22-18)13-8-11(2)16(20-4)17(21-5)15(10)13/h8,10,12H,6-7,9H2,1-5H3/t10?,12?,18-/m0/s1. The van der Waals surface area contributed by atoms with Gasteiger partial charge in [-0.2, -0.15) is 0 Å². The summed E-state index contributed by atoms with van der Waals surface area (Å²) in [5.74, 6) is 2.02. The summed E-state index contributed by atoms with van der Waals surface area (Å²) in [5.41, 5.74) is 2.77. The molecule has 1 aromatic carbocycles. The summed E-state index contributed by atoms with van der Waals surface area (Å²) in [6.07, 6.45) is 2.34. The Morgan fingerprint density at radius 2 is 1.91 bits per heavy atom. The number of methoxy groups -OCH3 is 2. The third kappa shape index (κ3) is 1.93. The van der Waals surface area contributed by atoms with Gasteiger partial charge in [0.15, 0.2) is 11.5 Å². The van der Waals surface area contributed by atoms with Gasteiger partial charge in [0.25, 0.3) is 0 Å². The fraction of sp³-hybridized carbons (Fsp3) is 0.611. The van der Waals surface area contributed by atoms with Crippen molar-refractivity contribution in [2.45, 2.75) is 51.6 Å². The van der Waals surface area contributed by atoms with Crippen LogP contribution in [-0.2, 0) is 15.1 Å². The van der Waals surface area contributed by atoms with E-state index in [1.807, 2.05) is 6.92 Å². The van der Waals surface area contributed by atoms with E-state index in [0.717, 1.165) is 41.0 Å². The molecule has 1 aliphatic carbocycles. The van der Waals surface area contributed by atoms with Crippen LogP contribution in [0.5, 0.6) is 11.5 Å². The molecule has 2 unspecified atom stereocenters. The zero-order chi connectivity index (χ0) is 16.1. The Kier molecular flexibility index (Phi) is 3.58. The van der Waals surface area contributed by atoms with Gasteiger partial charge in [-0.25, -0.2) is 0 Å². The molecule has 3 atom stereocenters. The Morgan fingerprint density at radius 1 is 1.23 bits per heavy atom. The molecule has 0 amide bonds. The molecular weight excluding hydrogens is 280 g/mol. The lowest BCUT2D eigenvalue weighted by Gasteiger charge is -2.41. The fourth-order valence-corrected chi connectivity index (χ4v) is 4.17. The molecule has 22 heavy (non-hydrogen) atoms. The zero-order valence-electron chi connectivity index (χ0n) is 14.0. The van der Waals surface area contributed by atoms with Gasteiger partial charge < -0.3 is 14.2 Å². The molecule has 1 aromatic rings. The maximum absolute atomic E-state index is 11.9. The van der Waals surface area contributed by atoms with Crippen molar-refractivity contribution in [2.24, 2.45) is 5.92 Å². The van der Waals surface area contributed by atoms with Crippen molar-refractivity contribution in [1.29, 1.82) is 0 Å².